The number of fused-ring (bicyclic) bond motifs is 1. The van der Waals surface area contributed by atoms with E-state index < -0.39 is 43.3 Å². The Bertz CT molecular complexity index is 1270. The Morgan fingerprint density at radius 2 is 1.91 bits per heavy atom. The van der Waals surface area contributed by atoms with E-state index in [2.05, 4.69) is 10.3 Å². The molecule has 1 aromatic heterocycles. The lowest BCUT2D eigenvalue weighted by atomic mass is 10.0. The molecular formula is C25H20F2N4O2. The van der Waals surface area contributed by atoms with Gasteiger partial charge >= 0.3 is 0 Å². The smallest absolute Gasteiger partial charge is 0.268 e. The predicted octanol–water partition coefficient (Wildman–Crippen LogP) is 3.89. The number of hydrogen-bond donors (Lipinski definition) is 1. The van der Waals surface area contributed by atoms with Gasteiger partial charge in [-0.2, -0.15) is 5.26 Å². The van der Waals surface area contributed by atoms with Gasteiger partial charge < -0.3 is 10.2 Å². The summed E-state index contributed by atoms with van der Waals surface area (Å²) < 4.78 is 27.2. The van der Waals surface area contributed by atoms with Gasteiger partial charge in [-0.05, 0) is 29.3 Å². The van der Waals surface area contributed by atoms with Crippen LogP contribution in [-0.2, 0) is 4.79 Å². The molecule has 4 rings (SSSR count). The fourth-order valence-corrected chi connectivity index (χ4v) is 3.77. The number of carbonyl (C=O) groups is 2. The summed E-state index contributed by atoms with van der Waals surface area (Å²) in [6.07, 6.45) is 4.67. The van der Waals surface area contributed by atoms with Gasteiger partial charge in [-0.15, -0.1) is 0 Å². The lowest BCUT2D eigenvalue weighted by Crippen LogP contribution is -2.43. The van der Waals surface area contributed by atoms with Crippen molar-refractivity contribution in [2.24, 2.45) is 0 Å². The molecule has 1 atom stereocenters. The number of pyridine rings is 1. The Kier molecular flexibility index (Phi) is 6.13. The number of nitriles is 1. The highest BCUT2D eigenvalue weighted by molar-refractivity contribution is 6.07. The van der Waals surface area contributed by atoms with Crippen LogP contribution >= 0.6 is 0 Å². The highest BCUT2D eigenvalue weighted by atomic mass is 19.3. The number of halogens is 2. The molecule has 1 aliphatic rings. The molecule has 3 aromatic rings. The molecule has 6 nitrogen and oxygen atoms in total. The predicted molar refractivity (Wildman–Crippen MR) is 120 cm³/mol. The highest BCUT2D eigenvalue weighted by Crippen LogP contribution is 2.31. The van der Waals surface area contributed by atoms with E-state index in [0.29, 0.717) is 16.5 Å². The van der Waals surface area contributed by atoms with Crippen molar-refractivity contribution in [1.29, 1.82) is 5.26 Å². The minimum Gasteiger partial charge on any atom is -0.343 e. The van der Waals surface area contributed by atoms with Crippen LogP contribution < -0.4 is 5.32 Å². The number of aromatic nitrogens is 1. The summed E-state index contributed by atoms with van der Waals surface area (Å²) in [5, 5.41) is 12.1. The fraction of sp³-hybridized carbons (Fsp3) is 0.200. The third kappa shape index (κ3) is 5.04. The molecule has 1 saturated heterocycles. The highest BCUT2D eigenvalue weighted by Gasteiger charge is 2.47. The second-order valence-corrected chi connectivity index (χ2v) is 7.79. The van der Waals surface area contributed by atoms with Gasteiger partial charge in [0.05, 0.1) is 30.2 Å². The monoisotopic (exact) mass is 446 g/mol. The molecule has 2 heterocycles. The molecular weight excluding hydrogens is 426 g/mol. The maximum absolute atomic E-state index is 13.6. The summed E-state index contributed by atoms with van der Waals surface area (Å²) in [5.41, 5.74) is 2.81. The van der Waals surface area contributed by atoms with Gasteiger partial charge in [-0.1, -0.05) is 48.6 Å². The second kappa shape index (κ2) is 9.17. The third-order valence-electron chi connectivity index (χ3n) is 5.42. The van der Waals surface area contributed by atoms with Crippen molar-refractivity contribution >= 4 is 34.9 Å². The van der Waals surface area contributed by atoms with Crippen molar-refractivity contribution in [3.8, 4) is 6.07 Å². The molecule has 0 radical (unpaired) electrons. The Morgan fingerprint density at radius 3 is 2.67 bits per heavy atom. The minimum atomic E-state index is -3.11. The fourth-order valence-electron chi connectivity index (χ4n) is 3.77. The van der Waals surface area contributed by atoms with Crippen LogP contribution in [0.15, 0.2) is 60.8 Å². The summed E-state index contributed by atoms with van der Waals surface area (Å²) in [5.74, 6) is -4.36. The summed E-state index contributed by atoms with van der Waals surface area (Å²) in [6, 6.07) is 17.3. The Morgan fingerprint density at radius 1 is 1.15 bits per heavy atom. The zero-order valence-corrected chi connectivity index (χ0v) is 17.5. The molecule has 0 aliphatic carbocycles. The number of amides is 2. The van der Waals surface area contributed by atoms with Gasteiger partial charge in [0.15, 0.2) is 0 Å². The number of nitrogens with one attached hydrogen (secondary N) is 1. The lowest BCUT2D eigenvalue weighted by molar-refractivity contribution is -0.131. The molecule has 8 heteroatoms. The minimum absolute atomic E-state index is 0.311. The molecule has 2 amide bonds. The van der Waals surface area contributed by atoms with Gasteiger partial charge in [0, 0.05) is 18.0 Å². The van der Waals surface area contributed by atoms with Crippen molar-refractivity contribution in [3.05, 3.63) is 77.5 Å². The zero-order chi connectivity index (χ0) is 23.4. The standard InChI is InChI=1S/C25H20F2N4O2/c26-25(27)13-19(14-28)31(16-25)23(32)15-30-24(33)20-10-11-29-22-9-8-18(12-21(20)22)7-6-17-4-2-1-3-5-17/h1-12,19H,13,15-16H2,(H,30,33)/b7-6+/t19-/m0/s1. The first kappa shape index (κ1) is 22.1. The van der Waals surface area contributed by atoms with Gasteiger partial charge in [0.1, 0.15) is 6.04 Å². The molecule has 0 saturated carbocycles. The number of likely N-dealkylation sites (tertiary alicyclic amines) is 1. The van der Waals surface area contributed by atoms with E-state index in [4.69, 9.17) is 5.26 Å². The Hall–Kier alpha value is -4.12. The molecule has 33 heavy (non-hydrogen) atoms. The van der Waals surface area contributed by atoms with Crippen molar-refractivity contribution in [1.82, 2.24) is 15.2 Å². The maximum Gasteiger partial charge on any atom is 0.268 e. The van der Waals surface area contributed by atoms with Gasteiger partial charge in [0.25, 0.3) is 11.8 Å². The van der Waals surface area contributed by atoms with Gasteiger partial charge in [-0.25, -0.2) is 8.78 Å². The number of nitrogens with zero attached hydrogens (tertiary/aromatic N) is 3. The normalized spacial score (nSPS) is 17.2. The molecule has 1 aliphatic heterocycles. The summed E-state index contributed by atoms with van der Waals surface area (Å²) in [6.45, 7) is -1.31. The van der Waals surface area contributed by atoms with Gasteiger partial charge in [0.2, 0.25) is 5.91 Å². The topological polar surface area (TPSA) is 86.1 Å². The average Bonchev–Trinajstić information content (AvgIpc) is 3.15. The van der Waals surface area contributed by atoms with E-state index in [1.165, 1.54) is 12.3 Å². The van der Waals surface area contributed by atoms with Crippen molar-refractivity contribution < 1.29 is 18.4 Å². The van der Waals surface area contributed by atoms with Crippen LogP contribution in [0.1, 0.15) is 27.9 Å². The summed E-state index contributed by atoms with van der Waals surface area (Å²) in [7, 11) is 0. The van der Waals surface area contributed by atoms with Crippen molar-refractivity contribution in [2.45, 2.75) is 18.4 Å². The second-order valence-electron chi connectivity index (χ2n) is 7.79. The largest absolute Gasteiger partial charge is 0.343 e. The van der Waals surface area contributed by atoms with E-state index >= 15 is 0 Å². The van der Waals surface area contributed by atoms with Crippen LogP contribution in [-0.4, -0.2) is 46.8 Å². The number of alkyl halides is 2. The van der Waals surface area contributed by atoms with Crippen LogP contribution in [0.25, 0.3) is 23.1 Å². The van der Waals surface area contributed by atoms with Crippen LogP contribution in [0.4, 0.5) is 8.78 Å². The van der Waals surface area contributed by atoms with E-state index in [9.17, 15) is 18.4 Å². The number of hydrogen-bond acceptors (Lipinski definition) is 4. The number of benzene rings is 2. The summed E-state index contributed by atoms with van der Waals surface area (Å²) >= 11 is 0. The van der Waals surface area contributed by atoms with Crippen LogP contribution in [0.5, 0.6) is 0 Å². The zero-order valence-electron chi connectivity index (χ0n) is 17.5. The SMILES string of the molecule is N#C[C@@H]1CC(F)(F)CN1C(=O)CNC(=O)c1ccnc2ccc(/C=C/c3ccccc3)cc12. The molecule has 1 fully saturated rings. The first-order valence-electron chi connectivity index (χ1n) is 10.3. The molecule has 0 unspecified atom stereocenters. The number of rotatable bonds is 5. The first-order chi connectivity index (χ1) is 15.9. The molecule has 2 aromatic carbocycles. The average molecular weight is 446 g/mol. The maximum atomic E-state index is 13.6. The summed E-state index contributed by atoms with van der Waals surface area (Å²) in [4.78, 5) is 30.3. The Balaban J connectivity index is 1.50. The molecule has 1 N–H and O–H groups in total. The van der Waals surface area contributed by atoms with E-state index in [1.807, 2.05) is 54.6 Å². The van der Waals surface area contributed by atoms with E-state index in [1.54, 1.807) is 12.1 Å². The van der Waals surface area contributed by atoms with Crippen molar-refractivity contribution in [3.63, 3.8) is 0 Å². The van der Waals surface area contributed by atoms with Crippen LogP contribution in [0.2, 0.25) is 0 Å². The number of carbonyl (C=O) groups excluding carboxylic acids is 2. The quantitative estimate of drug-likeness (QED) is 0.603. The Labute approximate surface area is 189 Å². The van der Waals surface area contributed by atoms with Crippen molar-refractivity contribution in [2.75, 3.05) is 13.1 Å². The van der Waals surface area contributed by atoms with E-state index in [-0.39, 0.29) is 0 Å². The van der Waals surface area contributed by atoms with Gasteiger partial charge in [-0.3, -0.25) is 14.6 Å². The third-order valence-corrected chi connectivity index (χ3v) is 5.42. The van der Waals surface area contributed by atoms with Crippen LogP contribution in [0.3, 0.4) is 0 Å². The van der Waals surface area contributed by atoms with Crippen LogP contribution in [0, 0.1) is 11.3 Å². The molecule has 0 bridgehead atoms. The molecule has 166 valence electrons. The van der Waals surface area contributed by atoms with E-state index in [0.717, 1.165) is 16.0 Å². The first-order valence-corrected chi connectivity index (χ1v) is 10.3. The lowest BCUT2D eigenvalue weighted by Gasteiger charge is -2.19. The molecule has 0 spiro atoms.